The SMILES string of the molecule is CC(C)n1c(COc2cccnc2)cnc1C(=O)O. The van der Waals surface area contributed by atoms with E-state index in [4.69, 9.17) is 9.84 Å². The van der Waals surface area contributed by atoms with Gasteiger partial charge in [0.15, 0.2) is 0 Å². The highest BCUT2D eigenvalue weighted by Gasteiger charge is 2.18. The van der Waals surface area contributed by atoms with E-state index in [1.807, 2.05) is 13.8 Å². The first-order valence-corrected chi connectivity index (χ1v) is 5.92. The van der Waals surface area contributed by atoms with Crippen molar-refractivity contribution in [1.82, 2.24) is 14.5 Å². The van der Waals surface area contributed by atoms with Crippen molar-refractivity contribution < 1.29 is 14.6 Å². The molecule has 100 valence electrons. The molecule has 6 heteroatoms. The number of hydrogen-bond acceptors (Lipinski definition) is 4. The fourth-order valence-corrected chi connectivity index (χ4v) is 1.83. The van der Waals surface area contributed by atoms with Crippen molar-refractivity contribution >= 4 is 5.97 Å². The van der Waals surface area contributed by atoms with Crippen LogP contribution >= 0.6 is 0 Å². The van der Waals surface area contributed by atoms with Gasteiger partial charge in [-0.1, -0.05) is 0 Å². The van der Waals surface area contributed by atoms with Gasteiger partial charge in [0.2, 0.25) is 5.82 Å². The van der Waals surface area contributed by atoms with Gasteiger partial charge in [0, 0.05) is 12.2 Å². The van der Waals surface area contributed by atoms with Crippen LogP contribution in [0.4, 0.5) is 0 Å². The van der Waals surface area contributed by atoms with Gasteiger partial charge in [0.05, 0.1) is 18.1 Å². The number of hydrogen-bond donors (Lipinski definition) is 1. The lowest BCUT2D eigenvalue weighted by Crippen LogP contribution is -2.15. The number of ether oxygens (including phenoxy) is 1. The first kappa shape index (κ1) is 13.1. The number of carboxylic acid groups (broad SMARTS) is 1. The van der Waals surface area contributed by atoms with Crippen molar-refractivity contribution in [3.8, 4) is 5.75 Å². The zero-order valence-corrected chi connectivity index (χ0v) is 10.8. The highest BCUT2D eigenvalue weighted by molar-refractivity contribution is 5.83. The molecule has 0 saturated heterocycles. The quantitative estimate of drug-likeness (QED) is 0.892. The average molecular weight is 261 g/mol. The lowest BCUT2D eigenvalue weighted by atomic mass is 10.3. The second-order valence-electron chi connectivity index (χ2n) is 4.32. The zero-order chi connectivity index (χ0) is 13.8. The van der Waals surface area contributed by atoms with Crippen LogP contribution in [-0.4, -0.2) is 25.6 Å². The Morgan fingerprint density at radius 2 is 2.26 bits per heavy atom. The molecule has 6 nitrogen and oxygen atoms in total. The predicted octanol–water partition coefficient (Wildman–Crippen LogP) is 2.14. The number of aromatic nitrogens is 3. The summed E-state index contributed by atoms with van der Waals surface area (Å²) in [4.78, 5) is 18.9. The van der Waals surface area contributed by atoms with E-state index < -0.39 is 5.97 Å². The second-order valence-corrected chi connectivity index (χ2v) is 4.32. The lowest BCUT2D eigenvalue weighted by Gasteiger charge is -2.14. The maximum Gasteiger partial charge on any atom is 0.372 e. The van der Waals surface area contributed by atoms with E-state index in [2.05, 4.69) is 9.97 Å². The molecule has 0 amide bonds. The molecule has 0 spiro atoms. The van der Waals surface area contributed by atoms with E-state index in [0.717, 1.165) is 5.69 Å². The molecule has 0 saturated carbocycles. The molecule has 0 bridgehead atoms. The number of aromatic carboxylic acids is 1. The lowest BCUT2D eigenvalue weighted by molar-refractivity contribution is 0.0675. The summed E-state index contributed by atoms with van der Waals surface area (Å²) in [6.45, 7) is 4.06. The Morgan fingerprint density at radius 3 is 2.84 bits per heavy atom. The number of carbonyl (C=O) groups is 1. The van der Waals surface area contributed by atoms with Crippen LogP contribution in [0.25, 0.3) is 0 Å². The minimum absolute atomic E-state index is 0.00102. The van der Waals surface area contributed by atoms with E-state index in [1.54, 1.807) is 29.1 Å². The van der Waals surface area contributed by atoms with Crippen LogP contribution in [0.5, 0.6) is 5.75 Å². The van der Waals surface area contributed by atoms with Crippen molar-refractivity contribution in [2.45, 2.75) is 26.5 Å². The Balaban J connectivity index is 2.19. The Labute approximate surface area is 110 Å². The Kier molecular flexibility index (Phi) is 3.79. The van der Waals surface area contributed by atoms with Crippen LogP contribution in [-0.2, 0) is 6.61 Å². The smallest absolute Gasteiger partial charge is 0.372 e. The molecule has 0 fully saturated rings. The molecular formula is C13H15N3O3. The fourth-order valence-electron chi connectivity index (χ4n) is 1.83. The summed E-state index contributed by atoms with van der Waals surface area (Å²) in [6, 6.07) is 3.57. The zero-order valence-electron chi connectivity index (χ0n) is 10.8. The van der Waals surface area contributed by atoms with Crippen LogP contribution in [0.3, 0.4) is 0 Å². The highest BCUT2D eigenvalue weighted by atomic mass is 16.5. The maximum absolute atomic E-state index is 11.1. The monoisotopic (exact) mass is 261 g/mol. The number of pyridine rings is 1. The molecule has 0 aliphatic rings. The second kappa shape index (κ2) is 5.51. The van der Waals surface area contributed by atoms with E-state index in [0.29, 0.717) is 5.75 Å². The standard InChI is InChI=1S/C13H15N3O3/c1-9(2)16-10(6-15-12(16)13(17)18)8-19-11-4-3-5-14-7-11/h3-7,9H,8H2,1-2H3,(H,17,18). The molecule has 0 aromatic carbocycles. The minimum atomic E-state index is -1.04. The third-order valence-corrected chi connectivity index (χ3v) is 2.60. The van der Waals surface area contributed by atoms with Gasteiger partial charge in [-0.3, -0.25) is 4.98 Å². The van der Waals surface area contributed by atoms with Crippen LogP contribution in [0.1, 0.15) is 36.2 Å². The van der Waals surface area contributed by atoms with Crippen molar-refractivity contribution in [3.63, 3.8) is 0 Å². The molecule has 0 aliphatic carbocycles. The Bertz CT molecular complexity index is 564. The summed E-state index contributed by atoms with van der Waals surface area (Å²) in [5.74, 6) is -0.378. The summed E-state index contributed by atoms with van der Waals surface area (Å²) in [5, 5.41) is 9.08. The van der Waals surface area contributed by atoms with Gasteiger partial charge in [0.1, 0.15) is 12.4 Å². The Morgan fingerprint density at radius 1 is 1.47 bits per heavy atom. The van der Waals surface area contributed by atoms with Crippen LogP contribution in [0.15, 0.2) is 30.7 Å². The summed E-state index contributed by atoms with van der Waals surface area (Å²) < 4.78 is 7.21. The van der Waals surface area contributed by atoms with E-state index in [9.17, 15) is 4.79 Å². The molecule has 0 unspecified atom stereocenters. The summed E-state index contributed by atoms with van der Waals surface area (Å²) in [6.07, 6.45) is 4.79. The molecule has 19 heavy (non-hydrogen) atoms. The van der Waals surface area contributed by atoms with E-state index in [1.165, 1.54) is 6.20 Å². The molecule has 0 aliphatic heterocycles. The van der Waals surface area contributed by atoms with Gasteiger partial charge in [-0.15, -0.1) is 0 Å². The minimum Gasteiger partial charge on any atom is -0.486 e. The topological polar surface area (TPSA) is 77.2 Å². The van der Waals surface area contributed by atoms with Gasteiger partial charge >= 0.3 is 5.97 Å². The molecular weight excluding hydrogens is 246 g/mol. The molecule has 2 aromatic rings. The summed E-state index contributed by atoms with van der Waals surface area (Å²) in [5.41, 5.74) is 0.719. The first-order valence-electron chi connectivity index (χ1n) is 5.92. The predicted molar refractivity (Wildman–Crippen MR) is 68.1 cm³/mol. The van der Waals surface area contributed by atoms with Gasteiger partial charge in [-0.05, 0) is 26.0 Å². The number of nitrogens with zero attached hydrogens (tertiary/aromatic N) is 3. The third kappa shape index (κ3) is 2.90. The maximum atomic E-state index is 11.1. The first-order chi connectivity index (χ1) is 9.09. The number of rotatable bonds is 5. The van der Waals surface area contributed by atoms with Crippen molar-refractivity contribution in [2.75, 3.05) is 0 Å². The van der Waals surface area contributed by atoms with Crippen molar-refractivity contribution in [3.05, 3.63) is 42.2 Å². The fraction of sp³-hybridized carbons (Fsp3) is 0.308. The average Bonchev–Trinajstić information content (AvgIpc) is 2.81. The summed E-state index contributed by atoms with van der Waals surface area (Å²) >= 11 is 0. The third-order valence-electron chi connectivity index (χ3n) is 2.60. The van der Waals surface area contributed by atoms with Crippen molar-refractivity contribution in [2.24, 2.45) is 0 Å². The van der Waals surface area contributed by atoms with E-state index in [-0.39, 0.29) is 18.5 Å². The van der Waals surface area contributed by atoms with Crippen LogP contribution in [0, 0.1) is 0 Å². The Hall–Kier alpha value is -2.37. The normalized spacial score (nSPS) is 10.7. The molecule has 1 N–H and O–H groups in total. The highest BCUT2D eigenvalue weighted by Crippen LogP contribution is 2.16. The molecule has 2 aromatic heterocycles. The summed E-state index contributed by atoms with van der Waals surface area (Å²) in [7, 11) is 0. The van der Waals surface area contributed by atoms with E-state index >= 15 is 0 Å². The number of imidazole rings is 1. The molecule has 0 atom stereocenters. The molecule has 0 radical (unpaired) electrons. The molecule has 2 heterocycles. The van der Waals surface area contributed by atoms with Gasteiger partial charge < -0.3 is 14.4 Å². The van der Waals surface area contributed by atoms with Gasteiger partial charge in [-0.2, -0.15) is 0 Å². The van der Waals surface area contributed by atoms with Crippen LogP contribution in [0.2, 0.25) is 0 Å². The van der Waals surface area contributed by atoms with Crippen LogP contribution < -0.4 is 4.74 Å². The number of carboxylic acids is 1. The van der Waals surface area contributed by atoms with Gasteiger partial charge in [-0.25, -0.2) is 9.78 Å². The van der Waals surface area contributed by atoms with Gasteiger partial charge in [0.25, 0.3) is 0 Å². The largest absolute Gasteiger partial charge is 0.486 e. The molecule has 2 rings (SSSR count). The van der Waals surface area contributed by atoms with Crippen molar-refractivity contribution in [1.29, 1.82) is 0 Å².